The molecular weight excluding hydrogens is 328 g/mol. The predicted octanol–water partition coefficient (Wildman–Crippen LogP) is 3.11. The van der Waals surface area contributed by atoms with E-state index >= 15 is 0 Å². The van der Waals surface area contributed by atoms with Crippen LogP contribution in [0.3, 0.4) is 0 Å². The number of esters is 1. The fourth-order valence-corrected chi connectivity index (χ4v) is 6.92. The summed E-state index contributed by atoms with van der Waals surface area (Å²) in [5, 5.41) is 21.8. The Morgan fingerprint density at radius 3 is 2.81 bits per heavy atom. The molecule has 5 rings (SSSR count). The maximum Gasteiger partial charge on any atom is 0.308 e. The van der Waals surface area contributed by atoms with E-state index in [9.17, 15) is 15.0 Å². The number of benzene rings is 1. The summed E-state index contributed by atoms with van der Waals surface area (Å²) in [6, 6.07) is 6.04. The Bertz CT molecular complexity index is 829. The molecule has 0 amide bonds. The van der Waals surface area contributed by atoms with Crippen LogP contribution in [-0.4, -0.2) is 27.9 Å². The Morgan fingerprint density at radius 2 is 2.08 bits per heavy atom. The van der Waals surface area contributed by atoms with Gasteiger partial charge in [0, 0.05) is 17.8 Å². The number of carbonyl (C=O) groups is 1. The SMILES string of the molecule is CC(=O)Oc1ccc2c(c1)CC[C@@H]1[C@@H]2CC[C@@]2(C)[C@]13C=C[C@]2(O)[C@@H](O)C3. The van der Waals surface area contributed by atoms with Crippen molar-refractivity contribution in [3.63, 3.8) is 0 Å². The minimum absolute atomic E-state index is 0.115. The monoisotopic (exact) mass is 354 g/mol. The second kappa shape index (κ2) is 4.99. The molecule has 0 radical (unpaired) electrons. The second-order valence-corrected chi connectivity index (χ2v) is 9.00. The Morgan fingerprint density at radius 1 is 1.27 bits per heavy atom. The topological polar surface area (TPSA) is 66.8 Å². The highest BCUT2D eigenvalue weighted by atomic mass is 16.5. The fraction of sp³-hybridized carbons (Fsp3) is 0.591. The van der Waals surface area contributed by atoms with Gasteiger partial charge in [0.15, 0.2) is 0 Å². The van der Waals surface area contributed by atoms with E-state index in [1.807, 2.05) is 18.2 Å². The van der Waals surface area contributed by atoms with Crippen molar-refractivity contribution in [2.75, 3.05) is 0 Å². The molecular formula is C22H26O4. The third-order valence-corrected chi connectivity index (χ3v) is 8.19. The molecule has 2 fully saturated rings. The van der Waals surface area contributed by atoms with Crippen molar-refractivity contribution >= 4 is 5.97 Å². The molecule has 4 heteroatoms. The first-order valence-corrected chi connectivity index (χ1v) is 9.73. The predicted molar refractivity (Wildman–Crippen MR) is 96.8 cm³/mol. The van der Waals surface area contributed by atoms with Gasteiger partial charge in [-0.3, -0.25) is 4.79 Å². The molecule has 26 heavy (non-hydrogen) atoms. The Labute approximate surface area is 153 Å². The number of carbonyl (C=O) groups excluding carboxylic acids is 1. The van der Waals surface area contributed by atoms with Crippen molar-refractivity contribution in [1.29, 1.82) is 0 Å². The number of aliphatic hydroxyl groups is 2. The lowest BCUT2D eigenvalue weighted by Crippen LogP contribution is -2.53. The van der Waals surface area contributed by atoms with Crippen LogP contribution >= 0.6 is 0 Å². The molecule has 0 unspecified atom stereocenters. The van der Waals surface area contributed by atoms with E-state index in [0.717, 1.165) is 25.7 Å². The second-order valence-electron chi connectivity index (χ2n) is 9.00. The van der Waals surface area contributed by atoms with Crippen LogP contribution in [0.1, 0.15) is 56.6 Å². The van der Waals surface area contributed by atoms with Crippen LogP contribution in [0.15, 0.2) is 30.4 Å². The molecule has 0 aromatic heterocycles. The first-order valence-electron chi connectivity index (χ1n) is 9.73. The summed E-state index contributed by atoms with van der Waals surface area (Å²) in [5.74, 6) is 1.22. The van der Waals surface area contributed by atoms with Gasteiger partial charge in [-0.25, -0.2) is 0 Å². The maximum atomic E-state index is 11.2. The molecule has 0 saturated heterocycles. The van der Waals surface area contributed by atoms with Crippen LogP contribution in [0.4, 0.5) is 0 Å². The third-order valence-electron chi connectivity index (χ3n) is 8.19. The lowest BCUT2D eigenvalue weighted by atomic mass is 9.48. The summed E-state index contributed by atoms with van der Waals surface area (Å²) >= 11 is 0. The van der Waals surface area contributed by atoms with Crippen molar-refractivity contribution < 1.29 is 19.7 Å². The number of aryl methyl sites for hydroxylation is 1. The minimum atomic E-state index is -1.07. The summed E-state index contributed by atoms with van der Waals surface area (Å²) in [4.78, 5) is 11.2. The summed E-state index contributed by atoms with van der Waals surface area (Å²) < 4.78 is 5.26. The normalized spacial score (nSPS) is 45.0. The number of hydrogen-bond donors (Lipinski definition) is 2. The third kappa shape index (κ3) is 1.75. The van der Waals surface area contributed by atoms with E-state index in [0.29, 0.717) is 24.0 Å². The van der Waals surface area contributed by atoms with Crippen molar-refractivity contribution in [3.05, 3.63) is 41.5 Å². The number of hydrogen-bond acceptors (Lipinski definition) is 4. The average Bonchev–Trinajstić information content (AvgIpc) is 2.93. The molecule has 4 nitrogen and oxygen atoms in total. The van der Waals surface area contributed by atoms with Crippen LogP contribution < -0.4 is 4.74 Å². The zero-order valence-electron chi connectivity index (χ0n) is 15.4. The average molecular weight is 354 g/mol. The van der Waals surface area contributed by atoms with Crippen molar-refractivity contribution in [1.82, 2.24) is 0 Å². The van der Waals surface area contributed by atoms with Gasteiger partial charge < -0.3 is 14.9 Å². The van der Waals surface area contributed by atoms with Crippen molar-refractivity contribution in [2.45, 2.75) is 63.6 Å². The van der Waals surface area contributed by atoms with Gasteiger partial charge in [-0.05, 0) is 67.2 Å². The van der Waals surface area contributed by atoms with Crippen LogP contribution in [0.25, 0.3) is 0 Å². The Hall–Kier alpha value is -1.65. The zero-order valence-corrected chi connectivity index (χ0v) is 15.4. The quantitative estimate of drug-likeness (QED) is 0.462. The van der Waals surface area contributed by atoms with Crippen LogP contribution in [-0.2, 0) is 11.2 Å². The fourth-order valence-electron chi connectivity index (χ4n) is 6.92. The molecule has 1 aromatic carbocycles. The molecule has 2 bridgehead atoms. The molecule has 2 N–H and O–H groups in total. The maximum absolute atomic E-state index is 11.2. The van der Waals surface area contributed by atoms with E-state index in [1.165, 1.54) is 18.1 Å². The van der Waals surface area contributed by atoms with Gasteiger partial charge in [-0.1, -0.05) is 25.1 Å². The summed E-state index contributed by atoms with van der Waals surface area (Å²) in [6.45, 7) is 3.61. The molecule has 0 spiro atoms. The largest absolute Gasteiger partial charge is 0.427 e. The van der Waals surface area contributed by atoms with E-state index in [-0.39, 0.29) is 16.8 Å². The minimum Gasteiger partial charge on any atom is -0.427 e. The Balaban J connectivity index is 1.55. The summed E-state index contributed by atoms with van der Waals surface area (Å²) in [7, 11) is 0. The van der Waals surface area contributed by atoms with E-state index in [2.05, 4.69) is 19.1 Å². The first kappa shape index (κ1) is 16.5. The molecule has 4 aliphatic rings. The van der Waals surface area contributed by atoms with E-state index in [4.69, 9.17) is 4.74 Å². The standard InChI is InChI=1S/C22H26O4/c1-13(23)26-15-4-5-16-14(11-15)3-6-18-17(16)7-8-20(2)21(18)9-10-22(20,25)19(24)12-21/h4-5,9-11,17-19,24-25H,3,6-8,12H2,1-2H3/t17-,18-,19+,20+,21+,22+/m1/s1. The number of allylic oxidation sites excluding steroid dienone is 1. The smallest absolute Gasteiger partial charge is 0.308 e. The van der Waals surface area contributed by atoms with E-state index < -0.39 is 11.7 Å². The molecule has 6 atom stereocenters. The number of fused-ring (bicyclic) bond motifs is 3. The summed E-state index contributed by atoms with van der Waals surface area (Å²) in [5.41, 5.74) is 1.18. The highest BCUT2D eigenvalue weighted by molar-refractivity contribution is 5.69. The van der Waals surface area contributed by atoms with Gasteiger partial charge in [0.2, 0.25) is 0 Å². The molecule has 0 aliphatic heterocycles. The highest BCUT2D eigenvalue weighted by Gasteiger charge is 2.74. The molecule has 1 aromatic rings. The van der Waals surface area contributed by atoms with Gasteiger partial charge in [0.05, 0.1) is 6.10 Å². The summed E-state index contributed by atoms with van der Waals surface area (Å²) in [6.07, 6.45) is 8.06. The lowest BCUT2D eigenvalue weighted by molar-refractivity contribution is -0.131. The zero-order chi connectivity index (χ0) is 18.3. The van der Waals surface area contributed by atoms with Crippen molar-refractivity contribution in [3.8, 4) is 5.75 Å². The van der Waals surface area contributed by atoms with Crippen molar-refractivity contribution in [2.24, 2.45) is 16.7 Å². The first-order chi connectivity index (χ1) is 12.3. The molecule has 4 aliphatic carbocycles. The van der Waals surface area contributed by atoms with Gasteiger partial charge >= 0.3 is 5.97 Å². The molecule has 138 valence electrons. The number of rotatable bonds is 1. The van der Waals surface area contributed by atoms with Gasteiger partial charge in [-0.2, -0.15) is 0 Å². The van der Waals surface area contributed by atoms with Gasteiger partial charge in [0.25, 0.3) is 0 Å². The Kier molecular flexibility index (Phi) is 3.17. The highest BCUT2D eigenvalue weighted by Crippen LogP contribution is 2.74. The lowest BCUT2D eigenvalue weighted by Gasteiger charge is -2.56. The van der Waals surface area contributed by atoms with Gasteiger partial charge in [0.1, 0.15) is 11.4 Å². The van der Waals surface area contributed by atoms with Crippen LogP contribution in [0, 0.1) is 16.7 Å². The number of ether oxygens (including phenoxy) is 1. The van der Waals surface area contributed by atoms with Crippen LogP contribution in [0.5, 0.6) is 5.75 Å². The number of aliphatic hydroxyl groups excluding tert-OH is 1. The van der Waals surface area contributed by atoms with Crippen LogP contribution in [0.2, 0.25) is 0 Å². The molecule has 0 heterocycles. The van der Waals surface area contributed by atoms with E-state index in [1.54, 1.807) is 0 Å². The van der Waals surface area contributed by atoms with Gasteiger partial charge in [-0.15, -0.1) is 0 Å². The molecule has 2 saturated carbocycles.